The quantitative estimate of drug-likeness (QED) is 0.726. The molecule has 0 saturated heterocycles. The molecule has 3 nitrogen and oxygen atoms in total. The van der Waals surface area contributed by atoms with Gasteiger partial charge in [0.05, 0.1) is 0 Å². The molecule has 0 aliphatic rings. The first-order valence-corrected chi connectivity index (χ1v) is 8.12. The van der Waals surface area contributed by atoms with Gasteiger partial charge in [0.25, 0.3) is 0 Å². The van der Waals surface area contributed by atoms with Crippen molar-refractivity contribution >= 4 is 29.7 Å². The summed E-state index contributed by atoms with van der Waals surface area (Å²) in [6, 6.07) is 14.1. The first-order valence-electron chi connectivity index (χ1n) is 8.12. The minimum Gasteiger partial charge on any atom is -0.399 e. The zero-order valence-electron chi connectivity index (χ0n) is 14.8. The van der Waals surface area contributed by atoms with Gasteiger partial charge in [0.15, 0.2) is 0 Å². The molecule has 0 saturated carbocycles. The Morgan fingerprint density at radius 3 is 2.21 bits per heavy atom. The van der Waals surface area contributed by atoms with Crippen molar-refractivity contribution in [2.24, 2.45) is 0 Å². The Labute approximate surface area is 151 Å². The summed E-state index contributed by atoms with van der Waals surface area (Å²) in [6.07, 6.45) is 0.454. The maximum atomic E-state index is 12.3. The molecule has 2 rings (SSSR count). The van der Waals surface area contributed by atoms with E-state index in [1.165, 1.54) is 11.1 Å². The van der Waals surface area contributed by atoms with Gasteiger partial charge in [0.1, 0.15) is 0 Å². The van der Waals surface area contributed by atoms with Crippen LogP contribution in [0.5, 0.6) is 0 Å². The van der Waals surface area contributed by atoms with Crippen molar-refractivity contribution < 1.29 is 4.79 Å². The van der Waals surface area contributed by atoms with Gasteiger partial charge in [-0.3, -0.25) is 4.79 Å². The Morgan fingerprint density at radius 2 is 1.62 bits per heavy atom. The Kier molecular flexibility index (Phi) is 7.30. The summed E-state index contributed by atoms with van der Waals surface area (Å²) in [5.74, 6) is 0.714. The van der Waals surface area contributed by atoms with Crippen LogP contribution < -0.4 is 11.1 Å². The molecular weight excluding hydrogens is 320 g/mol. The van der Waals surface area contributed by atoms with Crippen molar-refractivity contribution in [2.45, 2.75) is 46.0 Å². The van der Waals surface area contributed by atoms with Crippen molar-refractivity contribution in [3.05, 3.63) is 59.2 Å². The number of carbonyl (C=O) groups excluding carboxylic acids is 1. The van der Waals surface area contributed by atoms with E-state index in [0.29, 0.717) is 18.0 Å². The molecule has 4 heteroatoms. The van der Waals surface area contributed by atoms with Crippen molar-refractivity contribution in [3.8, 4) is 0 Å². The summed E-state index contributed by atoms with van der Waals surface area (Å²) in [7, 11) is 0. The van der Waals surface area contributed by atoms with E-state index in [0.717, 1.165) is 11.3 Å². The molecule has 0 heterocycles. The maximum absolute atomic E-state index is 12.3. The second-order valence-electron chi connectivity index (χ2n) is 6.55. The lowest BCUT2D eigenvalue weighted by Gasteiger charge is -2.15. The topological polar surface area (TPSA) is 55.1 Å². The van der Waals surface area contributed by atoms with E-state index in [4.69, 9.17) is 5.73 Å². The maximum Gasteiger partial charge on any atom is 0.224 e. The number of aryl methyl sites for hydroxylation is 1. The number of hydrogen-bond acceptors (Lipinski definition) is 2. The molecule has 3 N–H and O–H groups in total. The fourth-order valence-electron chi connectivity index (χ4n) is 2.58. The molecule has 0 aromatic heterocycles. The van der Waals surface area contributed by atoms with Gasteiger partial charge < -0.3 is 11.1 Å². The number of nitrogens with two attached hydrogens (primary N) is 1. The second-order valence-corrected chi connectivity index (χ2v) is 6.55. The zero-order chi connectivity index (χ0) is 17.0. The summed E-state index contributed by atoms with van der Waals surface area (Å²) in [6.45, 7) is 8.40. The second kappa shape index (κ2) is 8.74. The van der Waals surface area contributed by atoms with Gasteiger partial charge in [-0.15, -0.1) is 12.4 Å². The molecular formula is C20H27ClN2O. The van der Waals surface area contributed by atoms with Crippen molar-refractivity contribution in [1.29, 1.82) is 0 Å². The normalized spacial score (nSPS) is 11.7. The van der Waals surface area contributed by atoms with E-state index in [1.54, 1.807) is 6.07 Å². The average Bonchev–Trinajstić information content (AvgIpc) is 2.51. The molecule has 0 bridgehead atoms. The largest absolute Gasteiger partial charge is 0.399 e. The van der Waals surface area contributed by atoms with Gasteiger partial charge in [0, 0.05) is 17.8 Å². The minimum atomic E-state index is 0. The number of carbonyl (C=O) groups is 1. The molecule has 24 heavy (non-hydrogen) atoms. The zero-order valence-corrected chi connectivity index (χ0v) is 15.6. The molecule has 0 radical (unpaired) electrons. The number of rotatable bonds is 5. The van der Waals surface area contributed by atoms with Gasteiger partial charge >= 0.3 is 0 Å². The summed E-state index contributed by atoms with van der Waals surface area (Å²) < 4.78 is 0. The van der Waals surface area contributed by atoms with Crippen LogP contribution in [0.3, 0.4) is 0 Å². The first kappa shape index (κ1) is 20.0. The SMILES string of the molecule is Cc1ccc(N)cc1NC(=O)CC(C)c1ccc(C(C)C)cc1.Cl. The third kappa shape index (κ3) is 5.27. The highest BCUT2D eigenvalue weighted by atomic mass is 35.5. The molecule has 0 spiro atoms. The average molecular weight is 347 g/mol. The number of anilines is 2. The fourth-order valence-corrected chi connectivity index (χ4v) is 2.58. The van der Waals surface area contributed by atoms with E-state index in [-0.39, 0.29) is 24.2 Å². The summed E-state index contributed by atoms with van der Waals surface area (Å²) in [4.78, 5) is 12.3. The highest BCUT2D eigenvalue weighted by molar-refractivity contribution is 5.92. The van der Waals surface area contributed by atoms with Crippen LogP contribution in [0.1, 0.15) is 55.7 Å². The molecule has 1 amide bonds. The molecule has 130 valence electrons. The minimum absolute atomic E-state index is 0. The number of nitrogen functional groups attached to an aromatic ring is 1. The van der Waals surface area contributed by atoms with Crippen molar-refractivity contribution in [1.82, 2.24) is 0 Å². The van der Waals surface area contributed by atoms with Gasteiger partial charge in [-0.05, 0) is 47.6 Å². The van der Waals surface area contributed by atoms with Crippen LogP contribution in [-0.2, 0) is 4.79 Å². The smallest absolute Gasteiger partial charge is 0.224 e. The van der Waals surface area contributed by atoms with E-state index < -0.39 is 0 Å². The van der Waals surface area contributed by atoms with Crippen LogP contribution in [0.25, 0.3) is 0 Å². The molecule has 1 atom stereocenters. The van der Waals surface area contributed by atoms with Crippen molar-refractivity contribution in [2.75, 3.05) is 11.1 Å². The number of hydrogen-bond donors (Lipinski definition) is 2. The van der Waals surface area contributed by atoms with Crippen LogP contribution in [0.2, 0.25) is 0 Å². The van der Waals surface area contributed by atoms with Gasteiger partial charge in [-0.25, -0.2) is 0 Å². The van der Waals surface area contributed by atoms with Gasteiger partial charge in [-0.2, -0.15) is 0 Å². The number of nitrogens with one attached hydrogen (secondary N) is 1. The Morgan fingerprint density at radius 1 is 1.04 bits per heavy atom. The van der Waals surface area contributed by atoms with E-state index >= 15 is 0 Å². The van der Waals surface area contributed by atoms with Crippen LogP contribution >= 0.6 is 12.4 Å². The van der Waals surface area contributed by atoms with Crippen LogP contribution in [-0.4, -0.2) is 5.91 Å². The summed E-state index contributed by atoms with van der Waals surface area (Å²) >= 11 is 0. The Hall–Kier alpha value is -2.00. The molecule has 1 unspecified atom stereocenters. The molecule has 2 aromatic rings. The standard InChI is InChI=1S/C20H26N2O.ClH/c1-13(2)16-6-8-17(9-7-16)15(4)11-20(23)22-19-12-18(21)10-5-14(19)3;/h5-10,12-13,15H,11,21H2,1-4H3,(H,22,23);1H. The first-order chi connectivity index (χ1) is 10.9. The molecule has 0 fully saturated rings. The highest BCUT2D eigenvalue weighted by Crippen LogP contribution is 2.24. The predicted molar refractivity (Wildman–Crippen MR) is 105 cm³/mol. The fraction of sp³-hybridized carbons (Fsp3) is 0.350. The van der Waals surface area contributed by atoms with Gasteiger partial charge in [-0.1, -0.05) is 51.1 Å². The third-order valence-corrected chi connectivity index (χ3v) is 4.20. The van der Waals surface area contributed by atoms with Crippen molar-refractivity contribution in [3.63, 3.8) is 0 Å². The monoisotopic (exact) mass is 346 g/mol. The van der Waals surface area contributed by atoms with Crippen LogP contribution in [0, 0.1) is 6.92 Å². The Balaban J connectivity index is 0.00000288. The highest BCUT2D eigenvalue weighted by Gasteiger charge is 2.13. The lowest BCUT2D eigenvalue weighted by Crippen LogP contribution is -2.15. The van der Waals surface area contributed by atoms with Crippen LogP contribution in [0.4, 0.5) is 11.4 Å². The third-order valence-electron chi connectivity index (χ3n) is 4.20. The van der Waals surface area contributed by atoms with Gasteiger partial charge in [0.2, 0.25) is 5.91 Å². The number of halogens is 1. The number of amides is 1. The predicted octanol–water partition coefficient (Wildman–Crippen LogP) is 5.25. The Bertz CT molecular complexity index is 681. The summed E-state index contributed by atoms with van der Waals surface area (Å²) in [5.41, 5.74) is 10.8. The lowest BCUT2D eigenvalue weighted by atomic mass is 9.94. The molecule has 2 aromatic carbocycles. The van der Waals surface area contributed by atoms with E-state index in [2.05, 4.69) is 50.4 Å². The summed E-state index contributed by atoms with van der Waals surface area (Å²) in [5, 5.41) is 2.96. The number of benzene rings is 2. The van der Waals surface area contributed by atoms with E-state index in [9.17, 15) is 4.79 Å². The van der Waals surface area contributed by atoms with Crippen LogP contribution in [0.15, 0.2) is 42.5 Å². The van der Waals surface area contributed by atoms with E-state index in [1.807, 2.05) is 19.1 Å². The molecule has 0 aliphatic heterocycles. The molecule has 0 aliphatic carbocycles. The lowest BCUT2D eigenvalue weighted by molar-refractivity contribution is -0.116.